The lowest BCUT2D eigenvalue weighted by molar-refractivity contribution is -0.147. The average molecular weight is 415 g/mol. The zero-order chi connectivity index (χ0) is 20.0. The maximum atomic E-state index is 12.5. The van der Waals surface area contributed by atoms with Crippen molar-refractivity contribution in [1.29, 1.82) is 0 Å². The Morgan fingerprint density at radius 2 is 2.11 bits per heavy atom. The monoisotopic (exact) mass is 414 g/mol. The van der Waals surface area contributed by atoms with E-state index in [4.69, 9.17) is 21.1 Å². The smallest absolute Gasteiger partial charge is 0.339 e. The Bertz CT molecular complexity index is 713. The molecule has 1 atom stereocenters. The van der Waals surface area contributed by atoms with E-state index in [9.17, 15) is 14.4 Å². The van der Waals surface area contributed by atoms with E-state index in [2.05, 4.69) is 4.72 Å². The third-order valence-corrected chi connectivity index (χ3v) is 4.91. The van der Waals surface area contributed by atoms with Gasteiger partial charge in [-0.05, 0) is 51.8 Å². The Morgan fingerprint density at radius 3 is 2.78 bits per heavy atom. The maximum Gasteiger partial charge on any atom is 0.339 e. The van der Waals surface area contributed by atoms with Crippen LogP contribution in [0.4, 0.5) is 10.5 Å². The zero-order valence-corrected chi connectivity index (χ0v) is 17.1. The number of rotatable bonds is 6. The van der Waals surface area contributed by atoms with E-state index >= 15 is 0 Å². The molecule has 0 spiro atoms. The van der Waals surface area contributed by atoms with Gasteiger partial charge in [-0.1, -0.05) is 11.6 Å². The van der Waals surface area contributed by atoms with Crippen molar-refractivity contribution < 1.29 is 23.9 Å². The summed E-state index contributed by atoms with van der Waals surface area (Å²) >= 11 is 6.90. The molecule has 1 aromatic carbocycles. The molecular weight excluding hydrogens is 392 g/mol. The van der Waals surface area contributed by atoms with Crippen LogP contribution in [0.5, 0.6) is 0 Å². The van der Waals surface area contributed by atoms with Gasteiger partial charge in [0.15, 0.2) is 0 Å². The number of benzene rings is 1. The number of carbonyl (C=O) groups is 3. The number of nitrogens with one attached hydrogen (secondary N) is 1. The highest BCUT2D eigenvalue weighted by Crippen LogP contribution is 2.27. The van der Waals surface area contributed by atoms with Gasteiger partial charge in [0.05, 0.1) is 23.3 Å². The van der Waals surface area contributed by atoms with Gasteiger partial charge in [0.25, 0.3) is 0 Å². The van der Waals surface area contributed by atoms with E-state index in [-0.39, 0.29) is 34.5 Å². The Labute approximate surface area is 167 Å². The van der Waals surface area contributed by atoms with Crippen molar-refractivity contribution in [3.63, 3.8) is 0 Å². The second-order valence-corrected chi connectivity index (χ2v) is 7.39. The summed E-state index contributed by atoms with van der Waals surface area (Å²) in [6, 6.07) is 4.19. The van der Waals surface area contributed by atoms with Crippen LogP contribution in [-0.4, -0.2) is 47.4 Å². The predicted octanol–water partition coefficient (Wildman–Crippen LogP) is 4.11. The topological polar surface area (TPSA) is 84.9 Å². The minimum atomic E-state index is -0.548. The van der Waals surface area contributed by atoms with E-state index < -0.39 is 12.0 Å². The average Bonchev–Trinajstić information content (AvgIpc) is 3.10. The van der Waals surface area contributed by atoms with Crippen LogP contribution < -0.4 is 4.72 Å². The molecule has 1 aliphatic heterocycles. The van der Waals surface area contributed by atoms with Crippen LogP contribution in [0, 0.1) is 0 Å². The van der Waals surface area contributed by atoms with Gasteiger partial charge < -0.3 is 19.1 Å². The number of hydrogen-bond donors (Lipinski definition) is 1. The number of anilines is 1. The molecule has 1 unspecified atom stereocenters. The number of likely N-dealkylation sites (tertiary alicyclic amines) is 1. The fourth-order valence-electron chi connectivity index (χ4n) is 2.65. The van der Waals surface area contributed by atoms with E-state index in [1.165, 1.54) is 11.0 Å². The van der Waals surface area contributed by atoms with Crippen molar-refractivity contribution in [2.75, 3.05) is 17.9 Å². The van der Waals surface area contributed by atoms with Crippen molar-refractivity contribution in [3.05, 3.63) is 28.8 Å². The summed E-state index contributed by atoms with van der Waals surface area (Å²) in [5.41, 5.74) is 0.745. The van der Waals surface area contributed by atoms with E-state index in [1.54, 1.807) is 32.9 Å². The number of hydrogen-bond acceptors (Lipinski definition) is 7. The predicted molar refractivity (Wildman–Crippen MR) is 105 cm³/mol. The molecule has 1 aromatic rings. The number of nitrogens with zero attached hydrogens (tertiary/aromatic N) is 1. The van der Waals surface area contributed by atoms with Crippen molar-refractivity contribution in [1.82, 2.24) is 4.90 Å². The quantitative estimate of drug-likeness (QED) is 0.553. The number of amides is 1. The summed E-state index contributed by atoms with van der Waals surface area (Å²) in [5, 5.41) is -0.0174. The number of esters is 2. The minimum Gasteiger partial charge on any atom is -0.464 e. The third-order valence-electron chi connectivity index (χ3n) is 3.83. The second kappa shape index (κ2) is 9.85. The molecule has 148 valence electrons. The van der Waals surface area contributed by atoms with Gasteiger partial charge in [0, 0.05) is 24.2 Å². The van der Waals surface area contributed by atoms with Gasteiger partial charge in [-0.3, -0.25) is 4.79 Å². The first kappa shape index (κ1) is 21.4. The Balaban J connectivity index is 2.00. The van der Waals surface area contributed by atoms with Crippen LogP contribution >= 0.6 is 23.5 Å². The molecule has 1 fully saturated rings. The minimum absolute atomic E-state index is 0.217. The zero-order valence-electron chi connectivity index (χ0n) is 15.5. The van der Waals surface area contributed by atoms with Gasteiger partial charge in [-0.25, -0.2) is 9.59 Å². The lowest BCUT2D eigenvalue weighted by Crippen LogP contribution is -2.39. The molecule has 1 heterocycles. The van der Waals surface area contributed by atoms with E-state index in [1.807, 2.05) is 0 Å². The molecule has 0 aliphatic carbocycles. The Kier molecular flexibility index (Phi) is 7.79. The SMILES string of the molecule is CCOC(=O)C1CCCN1C(=O)SNc1ccc(Cl)c(C(=O)OC(C)C)c1. The van der Waals surface area contributed by atoms with Crippen LogP contribution in [0.25, 0.3) is 0 Å². The Morgan fingerprint density at radius 1 is 1.37 bits per heavy atom. The van der Waals surface area contributed by atoms with Gasteiger partial charge >= 0.3 is 17.2 Å². The van der Waals surface area contributed by atoms with Crippen LogP contribution in [0.3, 0.4) is 0 Å². The molecule has 9 heteroatoms. The summed E-state index contributed by atoms with van der Waals surface area (Å²) < 4.78 is 13.1. The molecule has 0 aromatic heterocycles. The van der Waals surface area contributed by atoms with Crippen molar-refractivity contribution >= 4 is 46.4 Å². The van der Waals surface area contributed by atoms with Crippen molar-refractivity contribution in [3.8, 4) is 0 Å². The molecule has 0 saturated carbocycles. The normalized spacial score (nSPS) is 16.3. The molecule has 1 aliphatic rings. The van der Waals surface area contributed by atoms with Crippen LogP contribution in [-0.2, 0) is 14.3 Å². The molecule has 0 radical (unpaired) electrons. The summed E-state index contributed by atoms with van der Waals surface area (Å²) in [7, 11) is 0. The van der Waals surface area contributed by atoms with Crippen LogP contribution in [0.1, 0.15) is 44.0 Å². The third kappa shape index (κ3) is 5.77. The molecule has 27 heavy (non-hydrogen) atoms. The van der Waals surface area contributed by atoms with E-state index in [0.29, 0.717) is 18.7 Å². The highest BCUT2D eigenvalue weighted by molar-refractivity contribution is 8.14. The number of ether oxygens (including phenoxy) is 2. The second-order valence-electron chi connectivity index (χ2n) is 6.22. The first-order valence-corrected chi connectivity index (χ1v) is 9.93. The molecule has 1 saturated heterocycles. The number of carbonyl (C=O) groups excluding carboxylic acids is 3. The standard InChI is InChI=1S/C18H23ClN2O5S/c1-4-25-17(23)15-6-5-9-21(15)18(24)27-20-12-7-8-14(19)13(10-12)16(22)26-11(2)3/h7-8,10-11,15,20H,4-6,9H2,1-3H3. The summed E-state index contributed by atoms with van der Waals surface area (Å²) in [6.07, 6.45) is 1.08. The van der Waals surface area contributed by atoms with Crippen LogP contribution in [0.2, 0.25) is 5.02 Å². The van der Waals surface area contributed by atoms with Crippen molar-refractivity contribution in [2.24, 2.45) is 0 Å². The summed E-state index contributed by atoms with van der Waals surface area (Å²) in [6.45, 7) is 6.01. The largest absolute Gasteiger partial charge is 0.464 e. The molecule has 1 N–H and O–H groups in total. The van der Waals surface area contributed by atoms with Gasteiger partial charge in [0.1, 0.15) is 6.04 Å². The first-order chi connectivity index (χ1) is 12.8. The summed E-state index contributed by atoms with van der Waals surface area (Å²) in [4.78, 5) is 38.0. The fraction of sp³-hybridized carbons (Fsp3) is 0.500. The van der Waals surface area contributed by atoms with E-state index in [0.717, 1.165) is 18.4 Å². The molecule has 1 amide bonds. The highest BCUT2D eigenvalue weighted by Gasteiger charge is 2.35. The van der Waals surface area contributed by atoms with Gasteiger partial charge in [-0.15, -0.1) is 0 Å². The highest BCUT2D eigenvalue weighted by atomic mass is 35.5. The molecule has 0 bridgehead atoms. The molecule has 2 rings (SSSR count). The lowest BCUT2D eigenvalue weighted by atomic mass is 10.2. The van der Waals surface area contributed by atoms with Crippen LogP contribution in [0.15, 0.2) is 18.2 Å². The number of halogens is 1. The van der Waals surface area contributed by atoms with Gasteiger partial charge in [-0.2, -0.15) is 0 Å². The summed E-state index contributed by atoms with van der Waals surface area (Å²) in [5.74, 6) is -0.911. The molecule has 7 nitrogen and oxygen atoms in total. The van der Waals surface area contributed by atoms with Gasteiger partial charge in [0.2, 0.25) is 0 Å². The molecular formula is C18H23ClN2O5S. The van der Waals surface area contributed by atoms with Crippen molar-refractivity contribution in [2.45, 2.75) is 45.8 Å². The fourth-order valence-corrected chi connectivity index (χ4v) is 3.52. The Hall–Kier alpha value is -1.93. The lowest BCUT2D eigenvalue weighted by Gasteiger charge is -2.22. The first-order valence-electron chi connectivity index (χ1n) is 8.74. The maximum absolute atomic E-state index is 12.5.